The van der Waals surface area contributed by atoms with Crippen molar-refractivity contribution in [2.24, 2.45) is 0 Å². The van der Waals surface area contributed by atoms with Gasteiger partial charge in [0.25, 0.3) is 0 Å². The smallest absolute Gasteiger partial charge is 0.410 e. The highest BCUT2D eigenvalue weighted by Gasteiger charge is 2.43. The van der Waals surface area contributed by atoms with Gasteiger partial charge in [0, 0.05) is 13.1 Å². The van der Waals surface area contributed by atoms with Crippen molar-refractivity contribution in [3.8, 4) is 0 Å². The highest BCUT2D eigenvalue weighted by atomic mass is 16.6. The summed E-state index contributed by atoms with van der Waals surface area (Å²) in [5, 5.41) is 8.87. The third kappa shape index (κ3) is 4.07. The van der Waals surface area contributed by atoms with Crippen LogP contribution in [0.4, 0.5) is 4.79 Å². The van der Waals surface area contributed by atoms with Gasteiger partial charge in [-0.2, -0.15) is 0 Å². The van der Waals surface area contributed by atoms with E-state index >= 15 is 0 Å². The molecule has 1 spiro atoms. The monoisotopic (exact) mass is 301 g/mol. The van der Waals surface area contributed by atoms with Gasteiger partial charge in [0.1, 0.15) is 5.60 Å². The molecule has 2 fully saturated rings. The lowest BCUT2D eigenvalue weighted by molar-refractivity contribution is -0.213. The molecule has 0 bridgehead atoms. The van der Waals surface area contributed by atoms with Crippen LogP contribution in [0.15, 0.2) is 0 Å². The highest BCUT2D eigenvalue weighted by Crippen LogP contribution is 2.31. The number of aliphatic carboxylic acids is 1. The number of hydrogen-bond donors (Lipinski definition) is 1. The molecule has 2 aliphatic heterocycles. The zero-order valence-electron chi connectivity index (χ0n) is 12.8. The summed E-state index contributed by atoms with van der Waals surface area (Å²) in [6, 6.07) is 0. The van der Waals surface area contributed by atoms with Crippen LogP contribution in [0.3, 0.4) is 0 Å². The van der Waals surface area contributed by atoms with E-state index in [1.165, 1.54) is 0 Å². The van der Waals surface area contributed by atoms with E-state index in [0.717, 1.165) is 0 Å². The number of likely N-dealkylation sites (tertiary alicyclic amines) is 1. The first kappa shape index (κ1) is 16.0. The minimum Gasteiger partial charge on any atom is -0.479 e. The quantitative estimate of drug-likeness (QED) is 0.784. The van der Waals surface area contributed by atoms with E-state index in [1.54, 1.807) is 4.90 Å². The Balaban J connectivity index is 1.84. The first-order valence-electron chi connectivity index (χ1n) is 7.17. The molecule has 0 saturated carbocycles. The van der Waals surface area contributed by atoms with Crippen molar-refractivity contribution in [3.63, 3.8) is 0 Å². The summed E-state index contributed by atoms with van der Waals surface area (Å²) in [5.74, 6) is -1.00. The fourth-order valence-electron chi connectivity index (χ4n) is 2.45. The van der Waals surface area contributed by atoms with Crippen LogP contribution in [0.2, 0.25) is 0 Å². The van der Waals surface area contributed by atoms with Crippen LogP contribution in [0.5, 0.6) is 0 Å². The Morgan fingerprint density at radius 3 is 2.33 bits per heavy atom. The average Bonchev–Trinajstić information content (AvgIpc) is 2.38. The molecule has 2 aliphatic rings. The summed E-state index contributed by atoms with van der Waals surface area (Å²) in [5.41, 5.74) is -0.976. The van der Waals surface area contributed by atoms with E-state index < -0.39 is 23.3 Å². The molecule has 7 heteroatoms. The third-order valence-electron chi connectivity index (χ3n) is 3.69. The SMILES string of the molecule is CC(C)(C)OC(=O)N1CCC2(CC1)COC(C(=O)O)CO2. The second-order valence-corrected chi connectivity index (χ2v) is 6.60. The summed E-state index contributed by atoms with van der Waals surface area (Å²) in [4.78, 5) is 24.5. The summed E-state index contributed by atoms with van der Waals surface area (Å²) < 4.78 is 16.4. The van der Waals surface area contributed by atoms with Gasteiger partial charge < -0.3 is 24.2 Å². The van der Waals surface area contributed by atoms with Gasteiger partial charge in [0.15, 0.2) is 6.10 Å². The molecule has 7 nitrogen and oxygen atoms in total. The fraction of sp³-hybridized carbons (Fsp3) is 0.857. The molecule has 1 atom stereocenters. The Labute approximate surface area is 124 Å². The molecule has 0 aromatic heterocycles. The number of amides is 1. The maximum atomic E-state index is 12.0. The zero-order valence-corrected chi connectivity index (χ0v) is 12.8. The molecular weight excluding hydrogens is 278 g/mol. The zero-order chi connectivity index (χ0) is 15.7. The molecular formula is C14H23NO6. The van der Waals surface area contributed by atoms with Crippen molar-refractivity contribution in [1.82, 2.24) is 4.90 Å². The second kappa shape index (κ2) is 5.81. The number of carbonyl (C=O) groups is 2. The maximum absolute atomic E-state index is 12.0. The number of piperidine rings is 1. The van der Waals surface area contributed by atoms with Gasteiger partial charge >= 0.3 is 12.1 Å². The molecule has 0 aromatic carbocycles. The molecule has 1 N–H and O–H groups in total. The number of hydrogen-bond acceptors (Lipinski definition) is 5. The standard InChI is InChI=1S/C14H23NO6/c1-13(2,3)21-12(18)15-6-4-14(5-7-15)9-19-10(8-20-14)11(16)17/h10H,4-9H2,1-3H3,(H,16,17). The molecule has 1 amide bonds. The number of nitrogens with zero attached hydrogens (tertiary/aromatic N) is 1. The Morgan fingerprint density at radius 1 is 1.29 bits per heavy atom. The molecule has 0 radical (unpaired) electrons. The molecule has 2 heterocycles. The van der Waals surface area contributed by atoms with E-state index in [4.69, 9.17) is 19.3 Å². The van der Waals surface area contributed by atoms with Crippen molar-refractivity contribution in [3.05, 3.63) is 0 Å². The Hall–Kier alpha value is -1.34. The van der Waals surface area contributed by atoms with Crippen molar-refractivity contribution < 1.29 is 28.9 Å². The van der Waals surface area contributed by atoms with Gasteiger partial charge in [-0.05, 0) is 33.6 Å². The first-order valence-corrected chi connectivity index (χ1v) is 7.17. The molecule has 120 valence electrons. The second-order valence-electron chi connectivity index (χ2n) is 6.60. The van der Waals surface area contributed by atoms with Crippen molar-refractivity contribution in [1.29, 1.82) is 0 Å². The van der Waals surface area contributed by atoms with Crippen molar-refractivity contribution >= 4 is 12.1 Å². The van der Waals surface area contributed by atoms with E-state index in [0.29, 0.717) is 25.9 Å². The van der Waals surface area contributed by atoms with E-state index in [1.807, 2.05) is 20.8 Å². The van der Waals surface area contributed by atoms with Crippen LogP contribution in [0.25, 0.3) is 0 Å². The van der Waals surface area contributed by atoms with E-state index in [2.05, 4.69) is 0 Å². The lowest BCUT2D eigenvalue weighted by Crippen LogP contribution is -2.55. The molecule has 21 heavy (non-hydrogen) atoms. The summed E-state index contributed by atoms with van der Waals surface area (Å²) in [6.07, 6.45) is 0.0361. The van der Waals surface area contributed by atoms with Crippen LogP contribution in [-0.4, -0.2) is 65.7 Å². The topological polar surface area (TPSA) is 85.3 Å². The van der Waals surface area contributed by atoms with Gasteiger partial charge in [-0.25, -0.2) is 9.59 Å². The Morgan fingerprint density at radius 2 is 1.90 bits per heavy atom. The molecule has 2 saturated heterocycles. The normalized spacial score (nSPS) is 25.7. The summed E-state index contributed by atoms with van der Waals surface area (Å²) >= 11 is 0. The Kier molecular flexibility index (Phi) is 4.43. The minimum absolute atomic E-state index is 0.0573. The lowest BCUT2D eigenvalue weighted by atomic mass is 9.91. The number of ether oxygens (including phenoxy) is 3. The summed E-state index contributed by atoms with van der Waals surface area (Å²) in [6.45, 7) is 6.86. The maximum Gasteiger partial charge on any atom is 0.410 e. The van der Waals surface area contributed by atoms with Gasteiger partial charge in [0.05, 0.1) is 18.8 Å². The first-order chi connectivity index (χ1) is 9.71. The fourth-order valence-corrected chi connectivity index (χ4v) is 2.45. The van der Waals surface area contributed by atoms with Gasteiger partial charge in [0.2, 0.25) is 0 Å². The number of carbonyl (C=O) groups excluding carboxylic acids is 1. The van der Waals surface area contributed by atoms with Crippen LogP contribution in [0.1, 0.15) is 33.6 Å². The van der Waals surface area contributed by atoms with Gasteiger partial charge in [-0.3, -0.25) is 0 Å². The lowest BCUT2D eigenvalue weighted by Gasteiger charge is -2.44. The molecule has 1 unspecified atom stereocenters. The number of carboxylic acids is 1. The summed E-state index contributed by atoms with van der Waals surface area (Å²) in [7, 11) is 0. The minimum atomic E-state index is -1.00. The van der Waals surface area contributed by atoms with Crippen LogP contribution in [-0.2, 0) is 19.0 Å². The predicted octanol–water partition coefficient (Wildman–Crippen LogP) is 1.26. The number of carboxylic acid groups (broad SMARTS) is 1. The van der Waals surface area contributed by atoms with Crippen LogP contribution in [0, 0.1) is 0 Å². The van der Waals surface area contributed by atoms with Crippen LogP contribution >= 0.6 is 0 Å². The van der Waals surface area contributed by atoms with E-state index in [9.17, 15) is 9.59 Å². The Bertz CT molecular complexity index is 398. The molecule has 0 aliphatic carbocycles. The predicted molar refractivity (Wildman–Crippen MR) is 73.1 cm³/mol. The van der Waals surface area contributed by atoms with Crippen LogP contribution < -0.4 is 0 Å². The average molecular weight is 301 g/mol. The molecule has 0 aromatic rings. The molecule has 2 rings (SSSR count). The number of rotatable bonds is 1. The van der Waals surface area contributed by atoms with Crippen molar-refractivity contribution in [2.75, 3.05) is 26.3 Å². The third-order valence-corrected chi connectivity index (χ3v) is 3.69. The largest absolute Gasteiger partial charge is 0.479 e. The van der Waals surface area contributed by atoms with Gasteiger partial charge in [-0.1, -0.05) is 0 Å². The van der Waals surface area contributed by atoms with Crippen molar-refractivity contribution in [2.45, 2.75) is 50.9 Å². The van der Waals surface area contributed by atoms with Gasteiger partial charge in [-0.15, -0.1) is 0 Å². The highest BCUT2D eigenvalue weighted by molar-refractivity contribution is 5.72. The van der Waals surface area contributed by atoms with E-state index in [-0.39, 0.29) is 19.3 Å².